The van der Waals surface area contributed by atoms with E-state index >= 15 is 0 Å². The molecule has 0 bridgehead atoms. The molecule has 0 aliphatic carbocycles. The molecule has 0 radical (unpaired) electrons. The van der Waals surface area contributed by atoms with Crippen molar-refractivity contribution in [1.82, 2.24) is 0 Å². The topological polar surface area (TPSA) is 92.8 Å². The van der Waals surface area contributed by atoms with E-state index in [-0.39, 0.29) is 5.78 Å². The average molecular weight is 390 g/mol. The summed E-state index contributed by atoms with van der Waals surface area (Å²) in [7, 11) is -3.72. The van der Waals surface area contributed by atoms with Crippen LogP contribution < -0.4 is 14.4 Å². The Morgan fingerprint density at radius 2 is 1.70 bits per heavy atom. The zero-order valence-electron chi connectivity index (χ0n) is 15.4. The summed E-state index contributed by atoms with van der Waals surface area (Å²) >= 11 is 0. The van der Waals surface area contributed by atoms with Crippen LogP contribution in [-0.4, -0.2) is 39.5 Å². The third kappa shape index (κ3) is 5.55. The van der Waals surface area contributed by atoms with E-state index in [4.69, 9.17) is 4.74 Å². The molecule has 144 valence electrons. The fourth-order valence-corrected chi connectivity index (χ4v) is 3.30. The number of Topliss-reactive ketones (excluding diaryl/α,β-unsaturated/α-hetero) is 1. The van der Waals surface area contributed by atoms with Crippen LogP contribution in [0.5, 0.6) is 5.75 Å². The normalized spacial score (nSPS) is 10.9. The first kappa shape index (κ1) is 20.4. The largest absolute Gasteiger partial charge is 0.492 e. The van der Waals surface area contributed by atoms with Gasteiger partial charge in [0.1, 0.15) is 12.3 Å². The minimum absolute atomic E-state index is 0.0799. The van der Waals surface area contributed by atoms with Crippen molar-refractivity contribution in [3.05, 3.63) is 54.1 Å². The number of nitrogens with zero attached hydrogens (tertiary/aromatic N) is 1. The van der Waals surface area contributed by atoms with Crippen molar-refractivity contribution in [2.75, 3.05) is 29.0 Å². The molecule has 0 atom stereocenters. The molecule has 0 aliphatic heterocycles. The van der Waals surface area contributed by atoms with E-state index in [1.807, 2.05) is 0 Å². The van der Waals surface area contributed by atoms with Gasteiger partial charge in [0, 0.05) is 11.3 Å². The molecular weight excluding hydrogens is 368 g/mol. The minimum atomic E-state index is -3.72. The van der Waals surface area contributed by atoms with E-state index < -0.39 is 22.5 Å². The molecule has 0 spiro atoms. The number of hydrogen-bond donors (Lipinski definition) is 1. The minimum Gasteiger partial charge on any atom is -0.492 e. The van der Waals surface area contributed by atoms with Gasteiger partial charge in [0.25, 0.3) is 0 Å². The summed E-state index contributed by atoms with van der Waals surface area (Å²) in [5, 5.41) is 2.63. The number of amides is 1. The molecule has 2 aromatic rings. The highest BCUT2D eigenvalue weighted by molar-refractivity contribution is 7.92. The summed E-state index contributed by atoms with van der Waals surface area (Å²) in [5.41, 5.74) is 1.29. The Morgan fingerprint density at radius 3 is 2.26 bits per heavy atom. The standard InChI is InChI=1S/C19H22N2O5S/c1-4-26-18-8-6-5-7-17(18)21(27(3,24)25)13-19(23)20-16-11-9-15(10-12-16)14(2)22/h5-12H,4,13H2,1-3H3,(H,20,23). The number of para-hydroxylation sites is 2. The third-order valence-electron chi connectivity index (χ3n) is 3.70. The SMILES string of the molecule is CCOc1ccccc1N(CC(=O)Nc1ccc(C(C)=O)cc1)S(C)(=O)=O. The zero-order valence-corrected chi connectivity index (χ0v) is 16.2. The molecule has 1 amide bonds. The number of carbonyl (C=O) groups is 2. The fraction of sp³-hybridized carbons (Fsp3) is 0.263. The smallest absolute Gasteiger partial charge is 0.245 e. The Balaban J connectivity index is 2.22. The Hall–Kier alpha value is -2.87. The zero-order chi connectivity index (χ0) is 20.0. The molecule has 7 nitrogen and oxygen atoms in total. The van der Waals surface area contributed by atoms with Crippen molar-refractivity contribution >= 4 is 33.1 Å². The number of hydrogen-bond acceptors (Lipinski definition) is 5. The summed E-state index contributed by atoms with van der Waals surface area (Å²) in [4.78, 5) is 23.7. The van der Waals surface area contributed by atoms with E-state index in [1.165, 1.54) is 6.92 Å². The van der Waals surface area contributed by atoms with Gasteiger partial charge in [0.2, 0.25) is 15.9 Å². The molecule has 8 heteroatoms. The van der Waals surface area contributed by atoms with Crippen LogP contribution in [0.4, 0.5) is 11.4 Å². The molecule has 0 fully saturated rings. The van der Waals surface area contributed by atoms with Crippen LogP contribution in [0.2, 0.25) is 0 Å². The molecule has 2 aromatic carbocycles. The van der Waals surface area contributed by atoms with Gasteiger partial charge in [0.05, 0.1) is 18.6 Å². The highest BCUT2D eigenvalue weighted by Crippen LogP contribution is 2.29. The molecule has 0 saturated carbocycles. The van der Waals surface area contributed by atoms with Gasteiger partial charge in [0.15, 0.2) is 5.78 Å². The number of ketones is 1. The number of nitrogens with one attached hydrogen (secondary N) is 1. The van der Waals surface area contributed by atoms with Gasteiger partial charge in [-0.15, -0.1) is 0 Å². The van der Waals surface area contributed by atoms with Crippen LogP contribution in [0.25, 0.3) is 0 Å². The van der Waals surface area contributed by atoms with E-state index in [0.29, 0.717) is 29.3 Å². The lowest BCUT2D eigenvalue weighted by molar-refractivity contribution is -0.114. The van der Waals surface area contributed by atoms with Crippen molar-refractivity contribution in [2.45, 2.75) is 13.8 Å². The molecule has 0 unspecified atom stereocenters. The lowest BCUT2D eigenvalue weighted by atomic mass is 10.1. The first-order chi connectivity index (χ1) is 12.7. The van der Waals surface area contributed by atoms with E-state index in [0.717, 1.165) is 10.6 Å². The summed E-state index contributed by atoms with van der Waals surface area (Å²) in [6.07, 6.45) is 1.03. The summed E-state index contributed by atoms with van der Waals surface area (Å²) in [6, 6.07) is 13.0. The number of anilines is 2. The second kappa shape index (κ2) is 8.68. The Morgan fingerprint density at radius 1 is 1.07 bits per heavy atom. The van der Waals surface area contributed by atoms with Crippen LogP contribution in [-0.2, 0) is 14.8 Å². The lowest BCUT2D eigenvalue weighted by Gasteiger charge is -2.24. The first-order valence-corrected chi connectivity index (χ1v) is 10.2. The van der Waals surface area contributed by atoms with Crippen molar-refractivity contribution < 1.29 is 22.7 Å². The quantitative estimate of drug-likeness (QED) is 0.700. The number of sulfonamides is 1. The first-order valence-electron chi connectivity index (χ1n) is 8.32. The van der Waals surface area contributed by atoms with Crippen molar-refractivity contribution in [3.63, 3.8) is 0 Å². The highest BCUT2D eigenvalue weighted by Gasteiger charge is 2.24. The van der Waals surface area contributed by atoms with Crippen LogP contribution in [0.3, 0.4) is 0 Å². The maximum absolute atomic E-state index is 12.4. The summed E-state index contributed by atoms with van der Waals surface area (Å²) < 4.78 is 31.0. The van der Waals surface area contributed by atoms with Crippen LogP contribution in [0.15, 0.2) is 48.5 Å². The van der Waals surface area contributed by atoms with Gasteiger partial charge in [-0.3, -0.25) is 13.9 Å². The van der Waals surface area contributed by atoms with Gasteiger partial charge in [-0.05, 0) is 50.2 Å². The van der Waals surface area contributed by atoms with Crippen LogP contribution in [0.1, 0.15) is 24.2 Å². The van der Waals surface area contributed by atoms with Gasteiger partial charge < -0.3 is 10.1 Å². The fourth-order valence-electron chi connectivity index (χ4n) is 2.44. The van der Waals surface area contributed by atoms with Crippen molar-refractivity contribution in [3.8, 4) is 5.75 Å². The molecule has 0 saturated heterocycles. The molecule has 2 rings (SSSR count). The van der Waals surface area contributed by atoms with Gasteiger partial charge >= 0.3 is 0 Å². The second-order valence-electron chi connectivity index (χ2n) is 5.85. The summed E-state index contributed by atoms with van der Waals surface area (Å²) in [5.74, 6) is -0.213. The van der Waals surface area contributed by atoms with Crippen molar-refractivity contribution in [2.24, 2.45) is 0 Å². The van der Waals surface area contributed by atoms with Gasteiger partial charge in [-0.2, -0.15) is 0 Å². The van der Waals surface area contributed by atoms with Crippen molar-refractivity contribution in [1.29, 1.82) is 0 Å². The van der Waals surface area contributed by atoms with Crippen LogP contribution >= 0.6 is 0 Å². The molecular formula is C19H22N2O5S. The Bertz CT molecular complexity index is 923. The van der Waals surface area contributed by atoms with E-state index in [1.54, 1.807) is 55.5 Å². The predicted octanol–water partition coefficient (Wildman–Crippen LogP) is 2.69. The third-order valence-corrected chi connectivity index (χ3v) is 4.82. The molecule has 0 heterocycles. The van der Waals surface area contributed by atoms with E-state index in [9.17, 15) is 18.0 Å². The summed E-state index contributed by atoms with van der Waals surface area (Å²) in [6.45, 7) is 3.20. The lowest BCUT2D eigenvalue weighted by Crippen LogP contribution is -2.37. The molecule has 1 N–H and O–H groups in total. The Labute approximate surface area is 159 Å². The predicted molar refractivity (Wildman–Crippen MR) is 105 cm³/mol. The van der Waals surface area contributed by atoms with Crippen LogP contribution in [0, 0.1) is 0 Å². The molecule has 27 heavy (non-hydrogen) atoms. The van der Waals surface area contributed by atoms with Gasteiger partial charge in [-0.1, -0.05) is 12.1 Å². The number of benzene rings is 2. The highest BCUT2D eigenvalue weighted by atomic mass is 32.2. The van der Waals surface area contributed by atoms with E-state index in [2.05, 4.69) is 5.32 Å². The number of ether oxygens (including phenoxy) is 1. The second-order valence-corrected chi connectivity index (χ2v) is 7.76. The Kier molecular flexibility index (Phi) is 6.57. The number of carbonyl (C=O) groups excluding carboxylic acids is 2. The van der Waals surface area contributed by atoms with Gasteiger partial charge in [-0.25, -0.2) is 8.42 Å². The average Bonchev–Trinajstić information content (AvgIpc) is 2.60. The molecule has 0 aromatic heterocycles. The monoisotopic (exact) mass is 390 g/mol. The maximum atomic E-state index is 12.4. The maximum Gasteiger partial charge on any atom is 0.245 e. The number of rotatable bonds is 8. The molecule has 0 aliphatic rings.